The van der Waals surface area contributed by atoms with Crippen molar-refractivity contribution in [3.63, 3.8) is 0 Å². The van der Waals surface area contributed by atoms with Gasteiger partial charge in [-0.2, -0.15) is 0 Å². The zero-order valence-electron chi connectivity index (χ0n) is 18.2. The third-order valence-corrected chi connectivity index (χ3v) is 7.91. The maximum atomic E-state index is 14.0. The molecule has 0 amide bonds. The molecule has 0 saturated heterocycles. The molecular weight excluding hydrogens is 381 g/mol. The minimum absolute atomic E-state index is 0.172. The molecule has 2 saturated carbocycles. The van der Waals surface area contributed by atoms with Gasteiger partial charge < -0.3 is 0 Å². The van der Waals surface area contributed by atoms with Gasteiger partial charge in [0.2, 0.25) is 0 Å². The molecule has 0 bridgehead atoms. The normalized spacial score (nSPS) is 26.7. The van der Waals surface area contributed by atoms with Crippen molar-refractivity contribution in [3.8, 4) is 0 Å². The number of rotatable bonds is 7. The highest BCUT2D eigenvalue weighted by Crippen LogP contribution is 2.48. The molecule has 0 aliphatic heterocycles. The molecule has 0 radical (unpaired) electrons. The van der Waals surface area contributed by atoms with Crippen LogP contribution in [0.4, 0.5) is 13.2 Å². The van der Waals surface area contributed by atoms with E-state index >= 15 is 0 Å². The standard InChI is InChI=1S/C27H35F3/c1-2-3-4-5-6-7-18-8-9-20-15-21(11-10-19(20)14-18)22-12-13-24-23(16-22)17-25(28)27(30)26(24)29/h12-13,16-21H,2-11,14-15H2,1H3. The molecule has 0 heterocycles. The second-order valence-electron chi connectivity index (χ2n) is 9.88. The third kappa shape index (κ3) is 4.70. The fourth-order valence-corrected chi connectivity index (χ4v) is 6.17. The molecule has 0 N–H and O–H groups in total. The van der Waals surface area contributed by atoms with Crippen molar-refractivity contribution in [2.75, 3.05) is 0 Å². The lowest BCUT2D eigenvalue weighted by Crippen LogP contribution is -2.30. The summed E-state index contributed by atoms with van der Waals surface area (Å²) in [6.07, 6.45) is 16.0. The highest BCUT2D eigenvalue weighted by Gasteiger charge is 2.35. The summed E-state index contributed by atoms with van der Waals surface area (Å²) in [4.78, 5) is 0. The Labute approximate surface area is 179 Å². The van der Waals surface area contributed by atoms with Crippen molar-refractivity contribution in [1.29, 1.82) is 0 Å². The number of hydrogen-bond acceptors (Lipinski definition) is 0. The van der Waals surface area contributed by atoms with Gasteiger partial charge in [0.1, 0.15) is 0 Å². The number of fused-ring (bicyclic) bond motifs is 2. The fourth-order valence-electron chi connectivity index (χ4n) is 6.17. The average molecular weight is 417 g/mol. The summed E-state index contributed by atoms with van der Waals surface area (Å²) in [5, 5.41) is 0.642. The van der Waals surface area contributed by atoms with Crippen molar-refractivity contribution in [2.24, 2.45) is 17.8 Å². The van der Waals surface area contributed by atoms with Crippen LogP contribution in [0.15, 0.2) is 24.3 Å². The summed E-state index contributed by atoms with van der Waals surface area (Å²) < 4.78 is 41.2. The van der Waals surface area contributed by atoms with Gasteiger partial charge >= 0.3 is 0 Å². The second kappa shape index (κ2) is 9.75. The number of unbranched alkanes of at least 4 members (excludes halogenated alkanes) is 4. The molecule has 164 valence electrons. The summed E-state index contributed by atoms with van der Waals surface area (Å²) in [5.41, 5.74) is 1.16. The van der Waals surface area contributed by atoms with E-state index in [0.717, 1.165) is 35.8 Å². The summed E-state index contributed by atoms with van der Waals surface area (Å²) in [7, 11) is 0. The van der Waals surface area contributed by atoms with Crippen molar-refractivity contribution in [1.82, 2.24) is 0 Å². The zero-order chi connectivity index (χ0) is 21.1. The molecule has 0 nitrogen and oxygen atoms in total. The van der Waals surface area contributed by atoms with Crippen LogP contribution in [-0.4, -0.2) is 0 Å². The highest BCUT2D eigenvalue weighted by atomic mass is 19.2. The minimum Gasteiger partial charge on any atom is -0.204 e. The van der Waals surface area contributed by atoms with Crippen LogP contribution >= 0.6 is 0 Å². The predicted molar refractivity (Wildman–Crippen MR) is 118 cm³/mol. The molecule has 0 spiro atoms. The minimum atomic E-state index is -1.38. The Hall–Kier alpha value is -1.51. The van der Waals surface area contributed by atoms with Crippen LogP contribution in [-0.2, 0) is 0 Å². The van der Waals surface area contributed by atoms with Crippen LogP contribution < -0.4 is 0 Å². The molecule has 2 aliphatic rings. The Kier molecular flexibility index (Phi) is 7.05. The van der Waals surface area contributed by atoms with Crippen molar-refractivity contribution in [3.05, 3.63) is 47.3 Å². The number of benzene rings is 2. The Bertz CT molecular complexity index is 859. The Morgan fingerprint density at radius 2 is 1.57 bits per heavy atom. The lowest BCUT2D eigenvalue weighted by molar-refractivity contribution is 0.113. The van der Waals surface area contributed by atoms with Gasteiger partial charge in [-0.3, -0.25) is 0 Å². The van der Waals surface area contributed by atoms with Gasteiger partial charge in [0, 0.05) is 5.39 Å². The van der Waals surface area contributed by atoms with Crippen LogP contribution in [0, 0.1) is 35.2 Å². The van der Waals surface area contributed by atoms with Gasteiger partial charge in [-0.1, -0.05) is 70.1 Å². The first-order valence-corrected chi connectivity index (χ1v) is 12.1. The van der Waals surface area contributed by atoms with E-state index in [9.17, 15) is 13.2 Å². The zero-order valence-corrected chi connectivity index (χ0v) is 18.2. The first-order chi connectivity index (χ1) is 14.6. The van der Waals surface area contributed by atoms with E-state index in [4.69, 9.17) is 0 Å². The predicted octanol–water partition coefficient (Wildman–Crippen LogP) is 8.92. The maximum Gasteiger partial charge on any atom is 0.195 e. The van der Waals surface area contributed by atoms with Gasteiger partial charge in [-0.05, 0) is 72.8 Å². The molecular formula is C27H35F3. The summed E-state index contributed by atoms with van der Waals surface area (Å²) in [6, 6.07) is 6.57. The van der Waals surface area contributed by atoms with E-state index in [0.29, 0.717) is 11.3 Å². The van der Waals surface area contributed by atoms with Gasteiger partial charge in [-0.15, -0.1) is 0 Å². The van der Waals surface area contributed by atoms with Crippen LogP contribution in [0.2, 0.25) is 0 Å². The topological polar surface area (TPSA) is 0 Å². The molecule has 4 unspecified atom stereocenters. The summed E-state index contributed by atoms with van der Waals surface area (Å²) in [6.45, 7) is 2.27. The van der Waals surface area contributed by atoms with Crippen molar-refractivity contribution >= 4 is 10.8 Å². The summed E-state index contributed by atoms with van der Waals surface area (Å²) >= 11 is 0. The molecule has 3 heteroatoms. The Morgan fingerprint density at radius 3 is 2.40 bits per heavy atom. The quantitative estimate of drug-likeness (QED) is 0.312. The molecule has 4 rings (SSSR count). The average Bonchev–Trinajstić information content (AvgIpc) is 2.76. The van der Waals surface area contributed by atoms with E-state index in [1.165, 1.54) is 70.6 Å². The first-order valence-electron chi connectivity index (χ1n) is 12.1. The highest BCUT2D eigenvalue weighted by molar-refractivity contribution is 5.84. The van der Waals surface area contributed by atoms with Gasteiger partial charge in [0.15, 0.2) is 17.5 Å². The van der Waals surface area contributed by atoms with Crippen molar-refractivity contribution in [2.45, 2.75) is 89.9 Å². The molecule has 4 atom stereocenters. The molecule has 0 aromatic heterocycles. The number of halogens is 3. The lowest BCUT2D eigenvalue weighted by Gasteiger charge is -2.42. The summed E-state index contributed by atoms with van der Waals surface area (Å²) in [5.74, 6) is -0.527. The van der Waals surface area contributed by atoms with Gasteiger partial charge in [-0.25, -0.2) is 13.2 Å². The molecule has 30 heavy (non-hydrogen) atoms. The fraction of sp³-hybridized carbons (Fsp3) is 0.630. The second-order valence-corrected chi connectivity index (χ2v) is 9.88. The molecule has 2 aromatic carbocycles. The third-order valence-electron chi connectivity index (χ3n) is 7.91. The molecule has 2 fully saturated rings. The van der Waals surface area contributed by atoms with Gasteiger partial charge in [0.25, 0.3) is 0 Å². The van der Waals surface area contributed by atoms with Crippen LogP contribution in [0.5, 0.6) is 0 Å². The SMILES string of the molecule is CCCCCCCC1CCC2CC(c3ccc4c(F)c(F)c(F)cc4c3)CCC2C1. The number of hydrogen-bond donors (Lipinski definition) is 0. The lowest BCUT2D eigenvalue weighted by atomic mass is 9.63. The Morgan fingerprint density at radius 1 is 0.800 bits per heavy atom. The van der Waals surface area contributed by atoms with E-state index < -0.39 is 17.5 Å². The van der Waals surface area contributed by atoms with Crippen LogP contribution in [0.25, 0.3) is 10.8 Å². The van der Waals surface area contributed by atoms with E-state index in [2.05, 4.69) is 6.92 Å². The largest absolute Gasteiger partial charge is 0.204 e. The van der Waals surface area contributed by atoms with E-state index in [1.54, 1.807) is 6.07 Å². The monoisotopic (exact) mass is 416 g/mol. The van der Waals surface area contributed by atoms with Crippen LogP contribution in [0.3, 0.4) is 0 Å². The van der Waals surface area contributed by atoms with Crippen LogP contribution in [0.1, 0.15) is 95.5 Å². The van der Waals surface area contributed by atoms with E-state index in [1.807, 2.05) is 12.1 Å². The van der Waals surface area contributed by atoms with Gasteiger partial charge in [0.05, 0.1) is 0 Å². The maximum absolute atomic E-state index is 14.0. The molecule has 2 aromatic rings. The first kappa shape index (κ1) is 21.7. The smallest absolute Gasteiger partial charge is 0.195 e. The van der Waals surface area contributed by atoms with Crippen molar-refractivity contribution < 1.29 is 13.2 Å². The Balaban J connectivity index is 1.36. The molecule has 2 aliphatic carbocycles. The van der Waals surface area contributed by atoms with E-state index in [-0.39, 0.29) is 5.39 Å².